The number of benzene rings is 1. The molecule has 0 saturated heterocycles. The van der Waals surface area contributed by atoms with Crippen LogP contribution in [-0.2, 0) is 0 Å². The van der Waals surface area contributed by atoms with E-state index in [2.05, 4.69) is 32.4 Å². The number of nitrogens with zero attached hydrogens (tertiary/aromatic N) is 3. The van der Waals surface area contributed by atoms with Gasteiger partial charge in [-0.1, -0.05) is 48.5 Å². The summed E-state index contributed by atoms with van der Waals surface area (Å²) in [7, 11) is 0. The molecular weight excluding hydrogens is 318 g/mol. The number of hydrogen-bond acceptors (Lipinski definition) is 5. The van der Waals surface area contributed by atoms with Crippen LogP contribution in [0.5, 0.6) is 0 Å². The van der Waals surface area contributed by atoms with Crippen LogP contribution in [0.25, 0.3) is 22.3 Å². The molecule has 0 radical (unpaired) electrons. The summed E-state index contributed by atoms with van der Waals surface area (Å²) in [6.45, 7) is 2.96. The fourth-order valence-corrected chi connectivity index (χ4v) is 2.82. The molecule has 0 atom stereocenters. The molecule has 2 aromatic heterocycles. The third-order valence-electron chi connectivity index (χ3n) is 3.26. The highest BCUT2D eigenvalue weighted by Gasteiger charge is 2.17. The van der Waals surface area contributed by atoms with Crippen molar-refractivity contribution >= 4 is 40.2 Å². The highest BCUT2D eigenvalue weighted by Crippen LogP contribution is 2.34. The van der Waals surface area contributed by atoms with Gasteiger partial charge in [0.05, 0.1) is 11.1 Å². The molecule has 0 aliphatic carbocycles. The normalized spacial score (nSPS) is 11.0. The van der Waals surface area contributed by atoms with Crippen LogP contribution in [0.3, 0.4) is 0 Å². The molecule has 1 aromatic carbocycles. The summed E-state index contributed by atoms with van der Waals surface area (Å²) in [5, 5.41) is 13.0. The number of fused-ring (bicyclic) bond motifs is 1. The van der Waals surface area contributed by atoms with E-state index in [4.69, 9.17) is 11.6 Å². The lowest BCUT2D eigenvalue weighted by Gasteiger charge is -2.08. The molecule has 0 saturated carbocycles. The Morgan fingerprint density at radius 1 is 1.27 bits per heavy atom. The molecule has 0 aliphatic heterocycles. The Bertz CT molecular complexity index is 802. The number of anilines is 1. The highest BCUT2D eigenvalue weighted by molar-refractivity contribution is 7.98. The van der Waals surface area contributed by atoms with Crippen molar-refractivity contribution in [3.8, 4) is 11.3 Å². The van der Waals surface area contributed by atoms with E-state index in [9.17, 15) is 0 Å². The van der Waals surface area contributed by atoms with E-state index in [1.165, 1.54) is 11.8 Å². The first-order valence-electron chi connectivity index (χ1n) is 7.03. The zero-order chi connectivity index (χ0) is 15.5. The van der Waals surface area contributed by atoms with Gasteiger partial charge in [-0.25, -0.2) is 9.97 Å². The molecular formula is C15H16ClN5S. The molecule has 7 heteroatoms. The fraction of sp³-hybridized carbons (Fsp3) is 0.267. The number of thioether (sulfide) groups is 1. The molecule has 114 valence electrons. The van der Waals surface area contributed by atoms with Crippen molar-refractivity contribution < 1.29 is 0 Å². The molecule has 5 nitrogen and oxygen atoms in total. The summed E-state index contributed by atoms with van der Waals surface area (Å²) < 4.78 is 0. The standard InChI is InChI=1S/C15H16ClN5S/c1-3-8-17-13-11-12(9-6-4-5-7-10(9)16)20-21-14(11)19-15(18-13)22-2/h4-7H,3,8H2,1-2H3,(H2,17,18,19,20,21). The third-order valence-corrected chi connectivity index (χ3v) is 4.14. The lowest BCUT2D eigenvalue weighted by Crippen LogP contribution is -2.04. The molecule has 0 amide bonds. The van der Waals surface area contributed by atoms with Crippen molar-refractivity contribution in [3.05, 3.63) is 29.3 Å². The van der Waals surface area contributed by atoms with Crippen LogP contribution in [0.2, 0.25) is 5.02 Å². The molecule has 0 aliphatic rings. The van der Waals surface area contributed by atoms with E-state index in [1.807, 2.05) is 30.5 Å². The van der Waals surface area contributed by atoms with Crippen molar-refractivity contribution in [3.63, 3.8) is 0 Å². The van der Waals surface area contributed by atoms with Crippen LogP contribution in [0, 0.1) is 0 Å². The first-order chi connectivity index (χ1) is 10.7. The predicted octanol–water partition coefficient (Wildman–Crippen LogP) is 4.22. The maximum absolute atomic E-state index is 6.32. The van der Waals surface area contributed by atoms with Crippen LogP contribution < -0.4 is 5.32 Å². The van der Waals surface area contributed by atoms with Gasteiger partial charge < -0.3 is 5.32 Å². The minimum absolute atomic E-state index is 0.646. The van der Waals surface area contributed by atoms with Gasteiger partial charge in [-0.15, -0.1) is 0 Å². The van der Waals surface area contributed by atoms with Gasteiger partial charge in [0.2, 0.25) is 0 Å². The molecule has 0 fully saturated rings. The molecule has 2 heterocycles. The van der Waals surface area contributed by atoms with Crippen molar-refractivity contribution in [2.75, 3.05) is 18.1 Å². The number of aromatic nitrogens is 4. The van der Waals surface area contributed by atoms with Gasteiger partial charge in [0.25, 0.3) is 0 Å². The fourth-order valence-electron chi connectivity index (χ4n) is 2.23. The Morgan fingerprint density at radius 3 is 2.82 bits per heavy atom. The first-order valence-corrected chi connectivity index (χ1v) is 8.63. The second kappa shape index (κ2) is 6.54. The quantitative estimate of drug-likeness (QED) is 0.540. The van der Waals surface area contributed by atoms with Crippen molar-refractivity contribution in [2.24, 2.45) is 0 Å². The van der Waals surface area contributed by atoms with Gasteiger partial charge in [-0.3, -0.25) is 5.10 Å². The topological polar surface area (TPSA) is 66.5 Å². The van der Waals surface area contributed by atoms with E-state index in [1.54, 1.807) is 0 Å². The number of nitrogens with one attached hydrogen (secondary N) is 2. The second-order valence-corrected chi connectivity index (χ2v) is 5.94. The molecule has 0 unspecified atom stereocenters. The molecule has 0 bridgehead atoms. The van der Waals surface area contributed by atoms with Crippen molar-refractivity contribution in [1.82, 2.24) is 20.2 Å². The van der Waals surface area contributed by atoms with Gasteiger partial charge in [-0.05, 0) is 18.7 Å². The summed E-state index contributed by atoms with van der Waals surface area (Å²) in [6, 6.07) is 7.67. The largest absolute Gasteiger partial charge is 0.369 e. The van der Waals surface area contributed by atoms with Gasteiger partial charge in [-0.2, -0.15) is 5.10 Å². The number of halogens is 1. The number of aromatic amines is 1. The molecule has 3 rings (SSSR count). The number of hydrogen-bond donors (Lipinski definition) is 2. The van der Waals surface area contributed by atoms with Crippen LogP contribution >= 0.6 is 23.4 Å². The summed E-state index contributed by atoms with van der Waals surface area (Å²) in [6.07, 6.45) is 2.96. The number of rotatable bonds is 5. The highest BCUT2D eigenvalue weighted by atomic mass is 35.5. The van der Waals surface area contributed by atoms with E-state index >= 15 is 0 Å². The van der Waals surface area contributed by atoms with Gasteiger partial charge >= 0.3 is 0 Å². The van der Waals surface area contributed by atoms with Crippen LogP contribution in [0.15, 0.2) is 29.4 Å². The van der Waals surface area contributed by atoms with Crippen molar-refractivity contribution in [2.45, 2.75) is 18.5 Å². The van der Waals surface area contributed by atoms with Gasteiger partial charge in [0, 0.05) is 17.1 Å². The maximum atomic E-state index is 6.32. The predicted molar refractivity (Wildman–Crippen MR) is 92.7 cm³/mol. The maximum Gasteiger partial charge on any atom is 0.191 e. The Labute approximate surface area is 137 Å². The average Bonchev–Trinajstić information content (AvgIpc) is 2.96. The second-order valence-electron chi connectivity index (χ2n) is 4.76. The van der Waals surface area contributed by atoms with Crippen molar-refractivity contribution in [1.29, 1.82) is 0 Å². The molecule has 2 N–H and O–H groups in total. The van der Waals surface area contributed by atoms with E-state index in [0.29, 0.717) is 15.8 Å². The Balaban J connectivity index is 2.22. The lowest BCUT2D eigenvalue weighted by molar-refractivity contribution is 0.939. The van der Waals surface area contributed by atoms with E-state index in [0.717, 1.165) is 35.4 Å². The molecule has 22 heavy (non-hydrogen) atoms. The summed E-state index contributed by atoms with van der Waals surface area (Å²) in [5.41, 5.74) is 2.38. The zero-order valence-electron chi connectivity index (χ0n) is 12.4. The number of H-pyrrole nitrogens is 1. The monoisotopic (exact) mass is 333 g/mol. The molecule has 0 spiro atoms. The Morgan fingerprint density at radius 2 is 2.09 bits per heavy atom. The third kappa shape index (κ3) is 2.76. The summed E-state index contributed by atoms with van der Waals surface area (Å²) >= 11 is 7.82. The SMILES string of the molecule is CCCNc1nc(SC)nc2n[nH]c(-c3ccccc3Cl)c12. The Kier molecular flexibility index (Phi) is 4.49. The minimum Gasteiger partial charge on any atom is -0.369 e. The van der Waals surface area contributed by atoms with Gasteiger partial charge in [0.1, 0.15) is 5.82 Å². The zero-order valence-corrected chi connectivity index (χ0v) is 13.9. The summed E-state index contributed by atoms with van der Waals surface area (Å²) in [4.78, 5) is 9.05. The van der Waals surface area contributed by atoms with Crippen LogP contribution in [-0.4, -0.2) is 33.0 Å². The average molecular weight is 334 g/mol. The smallest absolute Gasteiger partial charge is 0.191 e. The van der Waals surface area contributed by atoms with Crippen LogP contribution in [0.4, 0.5) is 5.82 Å². The lowest BCUT2D eigenvalue weighted by atomic mass is 10.1. The van der Waals surface area contributed by atoms with E-state index in [-0.39, 0.29) is 0 Å². The minimum atomic E-state index is 0.646. The Hall–Kier alpha value is -1.79. The first kappa shape index (κ1) is 15.1. The summed E-state index contributed by atoms with van der Waals surface area (Å²) in [5.74, 6) is 0.792. The van der Waals surface area contributed by atoms with E-state index < -0.39 is 0 Å². The van der Waals surface area contributed by atoms with Crippen LogP contribution in [0.1, 0.15) is 13.3 Å². The molecule has 3 aromatic rings. The van der Waals surface area contributed by atoms with Gasteiger partial charge in [0.15, 0.2) is 10.8 Å².